The first-order valence-electron chi connectivity index (χ1n) is 7.30. The summed E-state index contributed by atoms with van der Waals surface area (Å²) >= 11 is 0. The van der Waals surface area contributed by atoms with Crippen LogP contribution in [-0.2, 0) is 10.0 Å². The van der Waals surface area contributed by atoms with Crippen molar-refractivity contribution in [1.29, 1.82) is 0 Å². The number of hydrogen-bond donors (Lipinski definition) is 2. The van der Waals surface area contributed by atoms with Crippen LogP contribution < -0.4 is 9.62 Å². The van der Waals surface area contributed by atoms with Crippen LogP contribution in [0.15, 0.2) is 24.4 Å². The van der Waals surface area contributed by atoms with Gasteiger partial charge >= 0.3 is 0 Å². The molecule has 0 aromatic carbocycles. The van der Waals surface area contributed by atoms with Crippen molar-refractivity contribution in [2.45, 2.75) is 31.8 Å². The summed E-state index contributed by atoms with van der Waals surface area (Å²) in [5, 5.41) is 10.6. The number of aromatic nitrogens is 1. The molecule has 1 aliphatic rings. The fraction of sp³-hybridized carbons (Fsp3) is 0.643. The molecule has 0 spiro atoms. The van der Waals surface area contributed by atoms with E-state index in [1.807, 2.05) is 30.0 Å². The maximum Gasteiger partial charge on any atom is 0.211 e. The zero-order chi connectivity index (χ0) is 15.3. The lowest BCUT2D eigenvalue weighted by atomic mass is 9.93. The van der Waals surface area contributed by atoms with E-state index >= 15 is 0 Å². The van der Waals surface area contributed by atoms with Crippen LogP contribution in [-0.4, -0.2) is 49.5 Å². The van der Waals surface area contributed by atoms with E-state index in [0.29, 0.717) is 19.4 Å². The molecule has 0 amide bonds. The molecule has 1 aromatic heterocycles. The lowest BCUT2D eigenvalue weighted by Crippen LogP contribution is -2.54. The van der Waals surface area contributed by atoms with E-state index in [1.54, 1.807) is 6.20 Å². The number of aliphatic hydroxyl groups is 1. The van der Waals surface area contributed by atoms with Crippen LogP contribution in [0.3, 0.4) is 0 Å². The molecule has 2 N–H and O–H groups in total. The molecule has 1 saturated heterocycles. The third kappa shape index (κ3) is 4.66. The Hall–Kier alpha value is -1.18. The summed E-state index contributed by atoms with van der Waals surface area (Å²) in [6.45, 7) is 3.08. The van der Waals surface area contributed by atoms with Gasteiger partial charge in [-0.3, -0.25) is 0 Å². The fourth-order valence-corrected chi connectivity index (χ4v) is 3.75. The van der Waals surface area contributed by atoms with E-state index in [9.17, 15) is 13.5 Å². The molecule has 0 radical (unpaired) electrons. The number of rotatable bonds is 6. The minimum absolute atomic E-state index is 0.0542. The maximum atomic E-state index is 11.7. The van der Waals surface area contributed by atoms with Crippen LogP contribution in [0.5, 0.6) is 0 Å². The van der Waals surface area contributed by atoms with E-state index in [2.05, 4.69) is 9.71 Å². The predicted molar refractivity (Wildman–Crippen MR) is 82.7 cm³/mol. The molecule has 0 aliphatic carbocycles. The predicted octanol–water partition coefficient (Wildman–Crippen LogP) is 0.742. The fourth-order valence-electron chi connectivity index (χ4n) is 2.58. The van der Waals surface area contributed by atoms with Crippen molar-refractivity contribution >= 4 is 15.8 Å². The number of nitrogens with one attached hydrogen (secondary N) is 1. The molecule has 7 heteroatoms. The molecule has 21 heavy (non-hydrogen) atoms. The SMILES string of the molecule is CCCS(=O)(=O)NCC1(O)CCCN(c2ccccn2)C1. The van der Waals surface area contributed by atoms with E-state index < -0.39 is 15.6 Å². The topological polar surface area (TPSA) is 82.5 Å². The molecule has 0 bridgehead atoms. The first kappa shape index (κ1) is 16.2. The van der Waals surface area contributed by atoms with Crippen molar-refractivity contribution in [2.24, 2.45) is 0 Å². The summed E-state index contributed by atoms with van der Waals surface area (Å²) in [7, 11) is -3.30. The van der Waals surface area contributed by atoms with E-state index in [1.165, 1.54) is 0 Å². The summed E-state index contributed by atoms with van der Waals surface area (Å²) in [4.78, 5) is 6.28. The number of sulfonamides is 1. The number of β-amino-alcohol motifs (C(OH)–C–C–N with tert-alkyl or cyclic N) is 1. The normalized spacial score (nSPS) is 23.2. The molecule has 2 heterocycles. The monoisotopic (exact) mass is 313 g/mol. The second-order valence-corrected chi connectivity index (χ2v) is 7.50. The Morgan fingerprint density at radius 2 is 2.29 bits per heavy atom. The van der Waals surface area contributed by atoms with Crippen LogP contribution in [0.1, 0.15) is 26.2 Å². The van der Waals surface area contributed by atoms with Gasteiger partial charge in [0.05, 0.1) is 11.4 Å². The van der Waals surface area contributed by atoms with Gasteiger partial charge in [-0.05, 0) is 31.4 Å². The van der Waals surface area contributed by atoms with E-state index in [-0.39, 0.29) is 12.3 Å². The molecule has 1 fully saturated rings. The Morgan fingerprint density at radius 1 is 1.48 bits per heavy atom. The maximum absolute atomic E-state index is 11.7. The number of piperidine rings is 1. The van der Waals surface area contributed by atoms with E-state index in [0.717, 1.165) is 18.8 Å². The molecule has 118 valence electrons. The van der Waals surface area contributed by atoms with E-state index in [4.69, 9.17) is 0 Å². The first-order chi connectivity index (χ1) is 9.94. The Labute approximate surface area is 126 Å². The summed E-state index contributed by atoms with van der Waals surface area (Å²) in [5.74, 6) is 0.902. The largest absolute Gasteiger partial charge is 0.387 e. The smallest absolute Gasteiger partial charge is 0.211 e. The summed E-state index contributed by atoms with van der Waals surface area (Å²) < 4.78 is 26.0. The Morgan fingerprint density at radius 3 is 2.95 bits per heavy atom. The van der Waals surface area contributed by atoms with Gasteiger partial charge in [-0.1, -0.05) is 13.0 Å². The highest BCUT2D eigenvalue weighted by Gasteiger charge is 2.34. The summed E-state index contributed by atoms with van der Waals surface area (Å²) in [6, 6.07) is 5.64. The quantitative estimate of drug-likeness (QED) is 0.809. The Balaban J connectivity index is 1.99. The van der Waals surface area contributed by atoms with Crippen molar-refractivity contribution in [2.75, 3.05) is 30.3 Å². The minimum Gasteiger partial charge on any atom is -0.387 e. The number of nitrogens with zero attached hydrogens (tertiary/aromatic N) is 2. The van der Waals surface area contributed by atoms with Crippen LogP contribution in [0.25, 0.3) is 0 Å². The van der Waals surface area contributed by atoms with Crippen molar-refractivity contribution < 1.29 is 13.5 Å². The summed E-state index contributed by atoms with van der Waals surface area (Å²) in [6.07, 6.45) is 3.67. The van der Waals surface area contributed by atoms with Crippen LogP contribution in [0, 0.1) is 0 Å². The van der Waals surface area contributed by atoms with Crippen LogP contribution in [0.4, 0.5) is 5.82 Å². The van der Waals surface area contributed by atoms with Crippen LogP contribution in [0.2, 0.25) is 0 Å². The van der Waals surface area contributed by atoms with Crippen molar-refractivity contribution in [3.63, 3.8) is 0 Å². The third-order valence-electron chi connectivity index (χ3n) is 3.62. The molecule has 1 aromatic rings. The van der Waals surface area contributed by atoms with Gasteiger partial charge in [-0.25, -0.2) is 18.1 Å². The molecule has 1 aliphatic heterocycles. The van der Waals surface area contributed by atoms with Gasteiger partial charge < -0.3 is 10.0 Å². The Kier molecular flexibility index (Phi) is 5.18. The molecule has 1 atom stereocenters. The zero-order valence-electron chi connectivity index (χ0n) is 12.3. The lowest BCUT2D eigenvalue weighted by molar-refractivity contribution is 0.0310. The van der Waals surface area contributed by atoms with Gasteiger partial charge in [0.25, 0.3) is 0 Å². The van der Waals surface area contributed by atoms with Gasteiger partial charge in [-0.15, -0.1) is 0 Å². The second-order valence-electron chi connectivity index (χ2n) is 5.58. The highest BCUT2D eigenvalue weighted by atomic mass is 32.2. The van der Waals surface area contributed by atoms with Crippen molar-refractivity contribution in [3.05, 3.63) is 24.4 Å². The number of anilines is 1. The highest BCUT2D eigenvalue weighted by Crippen LogP contribution is 2.24. The van der Waals surface area contributed by atoms with Gasteiger partial charge in [0.15, 0.2) is 0 Å². The zero-order valence-corrected chi connectivity index (χ0v) is 13.1. The standard InChI is InChI=1S/C14H23N3O3S/c1-2-10-21(19,20)16-11-14(18)7-5-9-17(12-14)13-6-3-4-8-15-13/h3-4,6,8,16,18H,2,5,7,9-12H2,1H3. The highest BCUT2D eigenvalue weighted by molar-refractivity contribution is 7.89. The van der Waals surface area contributed by atoms with Gasteiger partial charge in [-0.2, -0.15) is 0 Å². The minimum atomic E-state index is -3.30. The van der Waals surface area contributed by atoms with Crippen LogP contribution >= 0.6 is 0 Å². The van der Waals surface area contributed by atoms with Crippen molar-refractivity contribution in [3.8, 4) is 0 Å². The third-order valence-corrected chi connectivity index (χ3v) is 5.15. The molecule has 1 unspecified atom stereocenters. The van der Waals surface area contributed by atoms with Crippen molar-refractivity contribution in [1.82, 2.24) is 9.71 Å². The van der Waals surface area contributed by atoms with Gasteiger partial charge in [0.1, 0.15) is 5.82 Å². The first-order valence-corrected chi connectivity index (χ1v) is 8.95. The number of hydrogen-bond acceptors (Lipinski definition) is 5. The van der Waals surface area contributed by atoms with Gasteiger partial charge in [0.2, 0.25) is 10.0 Å². The summed E-state index contributed by atoms with van der Waals surface area (Å²) in [5.41, 5.74) is -1.05. The molecule has 2 rings (SSSR count). The molecule has 6 nitrogen and oxygen atoms in total. The molecule has 0 saturated carbocycles. The number of pyridine rings is 1. The molecular weight excluding hydrogens is 290 g/mol. The Bertz CT molecular complexity index is 550. The average Bonchev–Trinajstić information content (AvgIpc) is 2.47. The average molecular weight is 313 g/mol. The van der Waals surface area contributed by atoms with Gasteiger partial charge in [0, 0.05) is 25.8 Å². The lowest BCUT2D eigenvalue weighted by Gasteiger charge is -2.39. The molecular formula is C14H23N3O3S. The second kappa shape index (κ2) is 6.72.